The second-order valence-electron chi connectivity index (χ2n) is 16.4. The zero-order valence-electron chi connectivity index (χ0n) is 37.9. The van der Waals surface area contributed by atoms with Crippen molar-refractivity contribution in [2.75, 3.05) is 0 Å². The molecule has 9 aromatic rings. The minimum absolute atomic E-state index is 0.0317. The van der Waals surface area contributed by atoms with Gasteiger partial charge in [-0.3, -0.25) is 14.4 Å². The third kappa shape index (κ3) is 11.8. The summed E-state index contributed by atoms with van der Waals surface area (Å²) in [5, 5.41) is 0. The van der Waals surface area contributed by atoms with Crippen molar-refractivity contribution in [3.63, 3.8) is 0 Å². The second-order valence-corrected chi connectivity index (χ2v) is 16.4. The Morgan fingerprint density at radius 2 is 0.565 bits per heavy atom. The van der Waals surface area contributed by atoms with Crippen LogP contribution in [0, 0.1) is 6.92 Å². The summed E-state index contributed by atoms with van der Waals surface area (Å²) >= 11 is 0. The lowest BCUT2D eigenvalue weighted by Crippen LogP contribution is -2.13. The van der Waals surface area contributed by atoms with Crippen LogP contribution in [0.4, 0.5) is 26.3 Å². The van der Waals surface area contributed by atoms with E-state index in [-0.39, 0.29) is 33.1 Å². The number of hydrogen-bond acceptors (Lipinski definition) is 3. The Morgan fingerprint density at radius 1 is 0.319 bits per heavy atom. The summed E-state index contributed by atoms with van der Waals surface area (Å²) in [4.78, 5) is 38.4. The molecule has 0 saturated carbocycles. The van der Waals surface area contributed by atoms with E-state index in [1.54, 1.807) is 0 Å². The van der Waals surface area contributed by atoms with Gasteiger partial charge in [-0.05, 0) is 64.6 Å². The highest BCUT2D eigenvalue weighted by Gasteiger charge is 2.32. The molecule has 0 atom stereocenters. The van der Waals surface area contributed by atoms with Crippen molar-refractivity contribution in [3.05, 3.63) is 248 Å². The normalized spacial score (nSPS) is 11.2. The lowest BCUT2D eigenvalue weighted by Gasteiger charge is -2.12. The van der Waals surface area contributed by atoms with Crippen LogP contribution in [-0.4, -0.2) is 13.7 Å². The van der Waals surface area contributed by atoms with Gasteiger partial charge in [0, 0.05) is 91.7 Å². The smallest absolute Gasteiger partial charge is 0.356 e. The molecule has 0 radical (unpaired) electrons. The van der Waals surface area contributed by atoms with Crippen molar-refractivity contribution < 1.29 is 26.3 Å². The van der Waals surface area contributed by atoms with E-state index in [1.165, 1.54) is 48.3 Å². The quantitative estimate of drug-likeness (QED) is 0.156. The van der Waals surface area contributed by atoms with Crippen LogP contribution in [0.2, 0.25) is 0 Å². The van der Waals surface area contributed by atoms with Gasteiger partial charge in [0.2, 0.25) is 0 Å². The lowest BCUT2D eigenvalue weighted by atomic mass is 9.98. The second kappa shape index (κ2) is 20.7. The van der Waals surface area contributed by atoms with Crippen LogP contribution in [-0.2, 0) is 33.5 Å². The van der Waals surface area contributed by atoms with Gasteiger partial charge < -0.3 is 13.7 Å². The largest absolute Gasteiger partial charge is 0.416 e. The van der Waals surface area contributed by atoms with E-state index in [4.69, 9.17) is 0 Å². The number of hydrogen-bond donors (Lipinski definition) is 0. The van der Waals surface area contributed by atoms with Crippen molar-refractivity contribution in [2.24, 2.45) is 21.1 Å². The molecule has 0 aliphatic carbocycles. The molecule has 348 valence electrons. The van der Waals surface area contributed by atoms with Gasteiger partial charge in [-0.25, -0.2) is 0 Å². The van der Waals surface area contributed by atoms with Crippen LogP contribution < -0.4 is 16.3 Å². The lowest BCUT2D eigenvalue weighted by molar-refractivity contribution is -0.138. The van der Waals surface area contributed by atoms with Crippen LogP contribution >= 0.6 is 0 Å². The molecule has 6 nitrogen and oxygen atoms in total. The van der Waals surface area contributed by atoms with Crippen LogP contribution in [0.15, 0.2) is 215 Å². The number of aryl methyl sites for hydroxylation is 4. The minimum Gasteiger partial charge on any atom is -0.356 e. The molecule has 0 bridgehead atoms. The molecule has 0 aliphatic rings. The zero-order chi connectivity index (χ0) is 49.5. The molecule has 0 N–H and O–H groups in total. The average Bonchev–Trinajstić information content (AvgIpc) is 3.34. The summed E-state index contributed by atoms with van der Waals surface area (Å²) in [5.41, 5.74) is 5.54. The summed E-state index contributed by atoms with van der Waals surface area (Å²) in [7, 11) is 5.43. The van der Waals surface area contributed by atoms with Crippen molar-refractivity contribution in [1.29, 1.82) is 0 Å². The van der Waals surface area contributed by atoms with Gasteiger partial charge in [0.25, 0.3) is 0 Å². The maximum atomic E-state index is 13.0. The summed E-state index contributed by atoms with van der Waals surface area (Å²) in [6.45, 7) is 2.04. The molecule has 0 spiro atoms. The third-order valence-electron chi connectivity index (χ3n) is 11.0. The van der Waals surface area contributed by atoms with Gasteiger partial charge in [0.15, 0.2) is 16.3 Å². The third-order valence-corrected chi connectivity index (χ3v) is 11.0. The Bertz CT molecular complexity index is 3270. The van der Waals surface area contributed by atoms with Gasteiger partial charge in [0.1, 0.15) is 0 Å². The first-order chi connectivity index (χ1) is 32.9. The highest BCUT2D eigenvalue weighted by Crippen LogP contribution is 2.34. The van der Waals surface area contributed by atoms with E-state index in [0.717, 1.165) is 74.3 Å². The average molecular weight is 934 g/mol. The van der Waals surface area contributed by atoms with E-state index in [1.807, 2.05) is 170 Å². The Kier molecular flexibility index (Phi) is 14.6. The minimum atomic E-state index is -4.58. The molecule has 12 heteroatoms. The predicted octanol–water partition coefficient (Wildman–Crippen LogP) is 13.5. The summed E-state index contributed by atoms with van der Waals surface area (Å²) in [5.74, 6) is 0. The molecule has 9 rings (SSSR count). The van der Waals surface area contributed by atoms with Crippen molar-refractivity contribution in [2.45, 2.75) is 19.3 Å². The fourth-order valence-electron chi connectivity index (χ4n) is 7.75. The van der Waals surface area contributed by atoms with E-state index in [0.29, 0.717) is 0 Å². The molecule has 3 aromatic heterocycles. The summed E-state index contributed by atoms with van der Waals surface area (Å²) in [6, 6.07) is 45.9. The molecule has 69 heavy (non-hydrogen) atoms. The molecule has 3 heterocycles. The molecule has 0 aliphatic heterocycles. The SMILES string of the molecule is Cc1cccc(-c2cn(C)cc(-c3ccccc3)c2=O)c1.Cn1cc(-c2cccc(C(F)(F)F)c2)c(=O)c(-c2cccc(C(F)(F)F)c2)c1.Cn1cc(-c2ccccc2)c(=O)c(-c2ccccc2)c1. The number of nitrogens with zero attached hydrogens (tertiary/aromatic N) is 3. The van der Waals surface area contributed by atoms with Gasteiger partial charge in [-0.1, -0.05) is 145 Å². The molecular formula is C57H45F6N3O3. The van der Waals surface area contributed by atoms with E-state index < -0.39 is 28.9 Å². The van der Waals surface area contributed by atoms with Crippen LogP contribution in [0.25, 0.3) is 66.8 Å². The number of rotatable bonds is 6. The number of halogens is 6. The van der Waals surface area contributed by atoms with Crippen LogP contribution in [0.3, 0.4) is 0 Å². The fourth-order valence-corrected chi connectivity index (χ4v) is 7.75. The first-order valence-corrected chi connectivity index (χ1v) is 21.6. The standard InChI is InChI=1S/C20H13F6NO.C19H17NO.C18H15NO/c1-27-10-16(12-4-2-6-14(8-12)19(21,22)23)18(28)17(11-27)13-5-3-7-15(9-13)20(24,25)26;1-14-7-6-10-16(11-14)18-13-20(2)12-17(19(18)21)15-8-4-3-5-9-15;1-19-12-16(14-8-4-2-5-9-14)18(20)17(13-19)15-10-6-3-7-11-15/h2-11H,1H3;3-13H,1-2H3;2-13H,1H3. The zero-order valence-corrected chi connectivity index (χ0v) is 37.9. The Hall–Kier alpha value is -8.25. The summed E-state index contributed by atoms with van der Waals surface area (Å²) in [6.07, 6.45) is 1.05. The number of pyridine rings is 3. The first kappa shape index (κ1) is 48.7. The maximum absolute atomic E-state index is 13.0. The van der Waals surface area contributed by atoms with Gasteiger partial charge >= 0.3 is 12.4 Å². The Balaban J connectivity index is 0.000000156. The van der Waals surface area contributed by atoms with Crippen LogP contribution in [0.1, 0.15) is 16.7 Å². The maximum Gasteiger partial charge on any atom is 0.416 e. The van der Waals surface area contributed by atoms with Gasteiger partial charge in [-0.15, -0.1) is 0 Å². The Morgan fingerprint density at radius 3 is 0.841 bits per heavy atom. The Labute approximate surface area is 394 Å². The summed E-state index contributed by atoms with van der Waals surface area (Å²) < 4.78 is 83.1. The van der Waals surface area contributed by atoms with Crippen molar-refractivity contribution in [3.8, 4) is 66.8 Å². The van der Waals surface area contributed by atoms with Crippen molar-refractivity contribution in [1.82, 2.24) is 13.7 Å². The monoisotopic (exact) mass is 933 g/mol. The van der Waals surface area contributed by atoms with E-state index >= 15 is 0 Å². The molecule has 0 amide bonds. The molecule has 0 fully saturated rings. The van der Waals surface area contributed by atoms with E-state index in [9.17, 15) is 40.7 Å². The van der Waals surface area contributed by atoms with E-state index in [2.05, 4.69) is 0 Å². The first-order valence-electron chi connectivity index (χ1n) is 21.6. The van der Waals surface area contributed by atoms with Gasteiger partial charge in [-0.2, -0.15) is 26.3 Å². The number of alkyl halides is 6. The molecule has 0 unspecified atom stereocenters. The predicted molar refractivity (Wildman–Crippen MR) is 262 cm³/mol. The molecule has 0 saturated heterocycles. The molecule has 6 aromatic carbocycles. The highest BCUT2D eigenvalue weighted by atomic mass is 19.4. The van der Waals surface area contributed by atoms with Gasteiger partial charge in [0.05, 0.1) is 11.1 Å². The number of aromatic nitrogens is 3. The topological polar surface area (TPSA) is 66.0 Å². The molecular weight excluding hydrogens is 889 g/mol. The fraction of sp³-hybridized carbons (Fsp3) is 0.105. The van der Waals surface area contributed by atoms with Crippen molar-refractivity contribution >= 4 is 0 Å². The van der Waals surface area contributed by atoms with Crippen LogP contribution in [0.5, 0.6) is 0 Å². The number of benzene rings is 6. The highest BCUT2D eigenvalue weighted by molar-refractivity contribution is 5.74.